The van der Waals surface area contributed by atoms with Crippen LogP contribution in [0.5, 0.6) is 0 Å². The summed E-state index contributed by atoms with van der Waals surface area (Å²) in [5.74, 6) is 0.232. The van der Waals surface area contributed by atoms with Gasteiger partial charge in [-0.1, -0.05) is 32.9 Å². The molecule has 3 heteroatoms. The first kappa shape index (κ1) is 16.0. The van der Waals surface area contributed by atoms with Gasteiger partial charge in [-0.3, -0.25) is 0 Å². The van der Waals surface area contributed by atoms with E-state index in [-0.39, 0.29) is 11.2 Å². The van der Waals surface area contributed by atoms with Crippen LogP contribution in [-0.2, 0) is 0 Å². The third-order valence-corrected chi connectivity index (χ3v) is 3.29. The molecular formula is C16H27FN2. The van der Waals surface area contributed by atoms with Crippen molar-refractivity contribution in [2.75, 3.05) is 24.5 Å². The zero-order valence-electron chi connectivity index (χ0n) is 12.6. The predicted molar refractivity (Wildman–Crippen MR) is 80.9 cm³/mol. The van der Waals surface area contributed by atoms with Crippen LogP contribution in [0.25, 0.3) is 0 Å². The van der Waals surface area contributed by atoms with Crippen molar-refractivity contribution in [3.8, 4) is 0 Å². The molecule has 108 valence electrons. The average molecular weight is 266 g/mol. The maximum atomic E-state index is 13.8. The fourth-order valence-electron chi connectivity index (χ4n) is 2.51. The molecule has 0 fully saturated rings. The van der Waals surface area contributed by atoms with Crippen molar-refractivity contribution in [2.45, 2.75) is 34.1 Å². The lowest BCUT2D eigenvalue weighted by Crippen LogP contribution is -2.35. The number of benzene rings is 1. The summed E-state index contributed by atoms with van der Waals surface area (Å²) in [6, 6.07) is 6.95. The van der Waals surface area contributed by atoms with Gasteiger partial charge in [0.05, 0.1) is 5.69 Å². The van der Waals surface area contributed by atoms with E-state index in [0.717, 1.165) is 19.5 Å². The molecule has 1 aromatic rings. The Kier molecular flexibility index (Phi) is 5.80. The monoisotopic (exact) mass is 266 g/mol. The highest BCUT2D eigenvalue weighted by Crippen LogP contribution is 2.26. The molecule has 0 bridgehead atoms. The smallest absolute Gasteiger partial charge is 0.146 e. The molecule has 0 spiro atoms. The zero-order chi connectivity index (χ0) is 14.5. The van der Waals surface area contributed by atoms with Crippen molar-refractivity contribution in [1.82, 2.24) is 0 Å². The van der Waals surface area contributed by atoms with E-state index in [9.17, 15) is 4.39 Å². The Morgan fingerprint density at radius 3 is 2.37 bits per heavy atom. The van der Waals surface area contributed by atoms with Gasteiger partial charge in [0.2, 0.25) is 0 Å². The topological polar surface area (TPSA) is 29.3 Å². The molecule has 0 aliphatic rings. The van der Waals surface area contributed by atoms with E-state index in [4.69, 9.17) is 5.73 Å². The van der Waals surface area contributed by atoms with Crippen LogP contribution in [0.1, 0.15) is 34.1 Å². The fraction of sp³-hybridized carbons (Fsp3) is 0.625. The van der Waals surface area contributed by atoms with Gasteiger partial charge in [0, 0.05) is 13.1 Å². The van der Waals surface area contributed by atoms with Gasteiger partial charge < -0.3 is 10.6 Å². The second kappa shape index (κ2) is 6.90. The minimum atomic E-state index is -0.157. The standard InChI is InChI=1S/C16H27FN2/c1-5-19(15-9-7-6-8-14(15)17)12-13(11-18)10-16(2,3)4/h6-9,13H,5,10-12,18H2,1-4H3. The van der Waals surface area contributed by atoms with Gasteiger partial charge in [-0.15, -0.1) is 0 Å². The summed E-state index contributed by atoms with van der Waals surface area (Å²) in [5.41, 5.74) is 6.81. The van der Waals surface area contributed by atoms with Crippen LogP contribution in [0.4, 0.5) is 10.1 Å². The van der Waals surface area contributed by atoms with Crippen molar-refractivity contribution in [1.29, 1.82) is 0 Å². The van der Waals surface area contributed by atoms with Gasteiger partial charge in [0.1, 0.15) is 5.82 Å². The summed E-state index contributed by atoms with van der Waals surface area (Å²) in [6.45, 7) is 10.9. The Labute approximate surface area is 116 Å². The number of nitrogens with zero attached hydrogens (tertiary/aromatic N) is 1. The number of hydrogen-bond donors (Lipinski definition) is 1. The molecular weight excluding hydrogens is 239 g/mol. The van der Waals surface area contributed by atoms with E-state index in [1.807, 2.05) is 12.1 Å². The molecule has 0 aliphatic carbocycles. The summed E-state index contributed by atoms with van der Waals surface area (Å²) in [7, 11) is 0. The molecule has 0 saturated heterocycles. The molecule has 0 saturated carbocycles. The summed E-state index contributed by atoms with van der Waals surface area (Å²) in [5, 5.41) is 0. The minimum absolute atomic E-state index is 0.157. The van der Waals surface area contributed by atoms with Gasteiger partial charge in [-0.2, -0.15) is 0 Å². The fourth-order valence-corrected chi connectivity index (χ4v) is 2.51. The molecule has 1 aromatic carbocycles. The first-order valence-electron chi connectivity index (χ1n) is 7.07. The van der Waals surface area contributed by atoms with Crippen LogP contribution in [-0.4, -0.2) is 19.6 Å². The zero-order valence-corrected chi connectivity index (χ0v) is 12.6. The quantitative estimate of drug-likeness (QED) is 0.851. The van der Waals surface area contributed by atoms with Gasteiger partial charge in [-0.05, 0) is 43.4 Å². The Bertz CT molecular complexity index is 385. The van der Waals surface area contributed by atoms with Crippen LogP contribution in [0.2, 0.25) is 0 Å². The number of hydrogen-bond acceptors (Lipinski definition) is 2. The molecule has 0 aromatic heterocycles. The second-order valence-corrected chi connectivity index (χ2v) is 6.36. The highest BCUT2D eigenvalue weighted by Gasteiger charge is 2.20. The van der Waals surface area contributed by atoms with Crippen molar-refractivity contribution < 1.29 is 4.39 Å². The summed E-state index contributed by atoms with van der Waals surface area (Å²) in [6.07, 6.45) is 1.05. The number of para-hydroxylation sites is 1. The first-order valence-corrected chi connectivity index (χ1v) is 7.07. The number of rotatable bonds is 6. The van der Waals surface area contributed by atoms with Crippen molar-refractivity contribution in [2.24, 2.45) is 17.1 Å². The van der Waals surface area contributed by atoms with E-state index in [2.05, 4.69) is 32.6 Å². The number of anilines is 1. The molecule has 1 rings (SSSR count). The number of nitrogens with two attached hydrogens (primary N) is 1. The van der Waals surface area contributed by atoms with Gasteiger partial charge in [0.25, 0.3) is 0 Å². The number of halogens is 1. The average Bonchev–Trinajstić information content (AvgIpc) is 2.34. The van der Waals surface area contributed by atoms with Crippen molar-refractivity contribution >= 4 is 5.69 Å². The molecule has 0 aliphatic heterocycles. The maximum Gasteiger partial charge on any atom is 0.146 e. The van der Waals surface area contributed by atoms with Crippen LogP contribution >= 0.6 is 0 Å². The van der Waals surface area contributed by atoms with Crippen molar-refractivity contribution in [3.05, 3.63) is 30.1 Å². The van der Waals surface area contributed by atoms with E-state index >= 15 is 0 Å². The largest absolute Gasteiger partial charge is 0.369 e. The highest BCUT2D eigenvalue weighted by molar-refractivity contribution is 5.47. The lowest BCUT2D eigenvalue weighted by Gasteiger charge is -2.31. The van der Waals surface area contributed by atoms with E-state index in [1.165, 1.54) is 6.07 Å². The molecule has 2 nitrogen and oxygen atoms in total. The summed E-state index contributed by atoms with van der Waals surface area (Å²) in [4.78, 5) is 2.08. The van der Waals surface area contributed by atoms with Gasteiger partial charge >= 0.3 is 0 Å². The molecule has 2 N–H and O–H groups in total. The molecule has 0 radical (unpaired) electrons. The van der Waals surface area contributed by atoms with E-state index < -0.39 is 0 Å². The molecule has 1 atom stereocenters. The van der Waals surface area contributed by atoms with Gasteiger partial charge in [-0.25, -0.2) is 4.39 Å². The predicted octanol–water partition coefficient (Wildman–Crippen LogP) is 3.66. The molecule has 0 heterocycles. The molecule has 19 heavy (non-hydrogen) atoms. The normalized spacial score (nSPS) is 13.4. The van der Waals surface area contributed by atoms with Crippen LogP contribution in [0.15, 0.2) is 24.3 Å². The lowest BCUT2D eigenvalue weighted by atomic mass is 9.84. The van der Waals surface area contributed by atoms with E-state index in [1.54, 1.807) is 6.07 Å². The van der Waals surface area contributed by atoms with Crippen LogP contribution < -0.4 is 10.6 Å². The summed E-state index contributed by atoms with van der Waals surface area (Å²) < 4.78 is 13.8. The van der Waals surface area contributed by atoms with Crippen molar-refractivity contribution in [3.63, 3.8) is 0 Å². The molecule has 1 unspecified atom stereocenters. The Balaban J connectivity index is 2.78. The second-order valence-electron chi connectivity index (χ2n) is 6.36. The first-order chi connectivity index (χ1) is 8.87. The lowest BCUT2D eigenvalue weighted by molar-refractivity contribution is 0.298. The summed E-state index contributed by atoms with van der Waals surface area (Å²) >= 11 is 0. The minimum Gasteiger partial charge on any atom is -0.369 e. The van der Waals surface area contributed by atoms with Crippen LogP contribution in [0.3, 0.4) is 0 Å². The van der Waals surface area contributed by atoms with Crippen LogP contribution in [0, 0.1) is 17.2 Å². The van der Waals surface area contributed by atoms with Gasteiger partial charge in [0.15, 0.2) is 0 Å². The Morgan fingerprint density at radius 1 is 1.26 bits per heavy atom. The maximum absolute atomic E-state index is 13.8. The van der Waals surface area contributed by atoms with E-state index in [0.29, 0.717) is 18.2 Å². The molecule has 0 amide bonds. The Hall–Kier alpha value is -1.09. The Morgan fingerprint density at radius 2 is 1.89 bits per heavy atom. The highest BCUT2D eigenvalue weighted by atomic mass is 19.1. The third kappa shape index (κ3) is 5.19. The third-order valence-electron chi connectivity index (χ3n) is 3.29. The SMILES string of the molecule is CCN(CC(CN)CC(C)(C)C)c1ccccc1F.